The van der Waals surface area contributed by atoms with E-state index in [0.29, 0.717) is 6.04 Å². The SMILES string of the molecule is CN1CCN(C2CCN(C(=O)c3ccccc3)CC2)CC1.O=C(O)C(=O)O. The smallest absolute Gasteiger partial charge is 0.414 e. The fourth-order valence-corrected chi connectivity index (χ4v) is 3.38. The Bertz CT molecular complexity index is 624. The number of benzene rings is 1. The van der Waals surface area contributed by atoms with Crippen LogP contribution in [0.5, 0.6) is 0 Å². The number of aliphatic carboxylic acids is 2. The monoisotopic (exact) mass is 377 g/mol. The molecule has 148 valence electrons. The van der Waals surface area contributed by atoms with Crippen molar-refractivity contribution in [2.45, 2.75) is 18.9 Å². The third kappa shape index (κ3) is 6.33. The van der Waals surface area contributed by atoms with E-state index in [1.807, 2.05) is 35.2 Å². The van der Waals surface area contributed by atoms with Crippen LogP contribution in [0.3, 0.4) is 0 Å². The molecule has 27 heavy (non-hydrogen) atoms. The molecule has 2 aliphatic heterocycles. The summed E-state index contributed by atoms with van der Waals surface area (Å²) in [5, 5.41) is 14.8. The molecule has 0 atom stereocenters. The molecule has 0 aliphatic carbocycles. The minimum Gasteiger partial charge on any atom is -0.473 e. The normalized spacial score (nSPS) is 19.1. The summed E-state index contributed by atoms with van der Waals surface area (Å²) in [7, 11) is 2.19. The van der Waals surface area contributed by atoms with Crippen LogP contribution >= 0.6 is 0 Å². The van der Waals surface area contributed by atoms with Crippen LogP contribution < -0.4 is 0 Å². The predicted molar refractivity (Wildman–Crippen MR) is 99.7 cm³/mol. The number of piperazine rings is 1. The zero-order valence-corrected chi connectivity index (χ0v) is 15.6. The molecule has 2 N–H and O–H groups in total. The van der Waals surface area contributed by atoms with Crippen LogP contribution in [-0.2, 0) is 9.59 Å². The van der Waals surface area contributed by atoms with Gasteiger partial charge in [-0.3, -0.25) is 9.69 Å². The molecule has 0 radical (unpaired) electrons. The molecule has 0 unspecified atom stereocenters. The molecule has 0 bridgehead atoms. The molecule has 8 nitrogen and oxygen atoms in total. The van der Waals surface area contributed by atoms with Gasteiger partial charge < -0.3 is 20.0 Å². The second kappa shape index (κ2) is 10.0. The maximum atomic E-state index is 12.4. The predicted octanol–water partition coefficient (Wildman–Crippen LogP) is 0.694. The van der Waals surface area contributed by atoms with E-state index in [-0.39, 0.29) is 5.91 Å². The maximum absolute atomic E-state index is 12.4. The van der Waals surface area contributed by atoms with Gasteiger partial charge in [-0.25, -0.2) is 9.59 Å². The van der Waals surface area contributed by atoms with Crippen LogP contribution in [0.4, 0.5) is 0 Å². The zero-order valence-electron chi connectivity index (χ0n) is 15.6. The molecule has 2 heterocycles. The van der Waals surface area contributed by atoms with Crippen molar-refractivity contribution >= 4 is 17.8 Å². The van der Waals surface area contributed by atoms with Crippen molar-refractivity contribution in [1.82, 2.24) is 14.7 Å². The number of carboxylic acid groups (broad SMARTS) is 2. The van der Waals surface area contributed by atoms with Crippen LogP contribution in [0.1, 0.15) is 23.2 Å². The minimum atomic E-state index is -1.82. The lowest BCUT2D eigenvalue weighted by molar-refractivity contribution is -0.159. The lowest BCUT2D eigenvalue weighted by Crippen LogP contribution is -2.52. The van der Waals surface area contributed by atoms with Gasteiger partial charge in [0, 0.05) is 50.9 Å². The molecular weight excluding hydrogens is 350 g/mol. The second-order valence-corrected chi connectivity index (χ2v) is 6.84. The maximum Gasteiger partial charge on any atom is 0.414 e. The molecule has 0 aromatic heterocycles. The third-order valence-electron chi connectivity index (χ3n) is 5.01. The average Bonchev–Trinajstić information content (AvgIpc) is 2.69. The zero-order chi connectivity index (χ0) is 19.8. The Morgan fingerprint density at radius 1 is 0.852 bits per heavy atom. The largest absolute Gasteiger partial charge is 0.473 e. The highest BCUT2D eigenvalue weighted by atomic mass is 16.4. The van der Waals surface area contributed by atoms with Gasteiger partial charge in [-0.2, -0.15) is 0 Å². The Morgan fingerprint density at radius 3 is 1.85 bits per heavy atom. The Kier molecular flexibility index (Phi) is 7.75. The first kappa shape index (κ1) is 20.9. The first-order valence-corrected chi connectivity index (χ1v) is 9.11. The van der Waals surface area contributed by atoms with Crippen LogP contribution in [0.2, 0.25) is 0 Å². The lowest BCUT2D eigenvalue weighted by atomic mass is 10.0. The lowest BCUT2D eigenvalue weighted by Gasteiger charge is -2.42. The molecular formula is C19H27N3O5. The van der Waals surface area contributed by atoms with E-state index in [9.17, 15) is 4.79 Å². The summed E-state index contributed by atoms with van der Waals surface area (Å²) in [5.41, 5.74) is 0.815. The van der Waals surface area contributed by atoms with Crippen molar-refractivity contribution in [3.05, 3.63) is 35.9 Å². The molecule has 1 amide bonds. The number of likely N-dealkylation sites (tertiary alicyclic amines) is 1. The Morgan fingerprint density at radius 2 is 1.37 bits per heavy atom. The minimum absolute atomic E-state index is 0.187. The van der Waals surface area contributed by atoms with Gasteiger partial charge in [-0.1, -0.05) is 18.2 Å². The Balaban J connectivity index is 0.000000380. The summed E-state index contributed by atoms with van der Waals surface area (Å²) in [4.78, 5) is 37.7. The Labute approximate surface area is 159 Å². The van der Waals surface area contributed by atoms with Crippen molar-refractivity contribution in [3.8, 4) is 0 Å². The number of rotatable bonds is 2. The van der Waals surface area contributed by atoms with Crippen molar-refractivity contribution in [3.63, 3.8) is 0 Å². The summed E-state index contributed by atoms with van der Waals surface area (Å²) in [6.07, 6.45) is 2.23. The number of hydrogen-bond donors (Lipinski definition) is 2. The number of carboxylic acids is 2. The van der Waals surface area contributed by atoms with Gasteiger partial charge >= 0.3 is 11.9 Å². The summed E-state index contributed by atoms with van der Waals surface area (Å²) in [6.45, 7) is 6.48. The summed E-state index contributed by atoms with van der Waals surface area (Å²) < 4.78 is 0. The van der Waals surface area contributed by atoms with E-state index in [1.165, 1.54) is 26.2 Å². The first-order chi connectivity index (χ1) is 12.9. The van der Waals surface area contributed by atoms with Crippen LogP contribution in [0.15, 0.2) is 30.3 Å². The Hall–Kier alpha value is -2.45. The van der Waals surface area contributed by atoms with Gasteiger partial charge in [-0.15, -0.1) is 0 Å². The van der Waals surface area contributed by atoms with Crippen molar-refractivity contribution in [2.75, 3.05) is 46.3 Å². The molecule has 2 aliphatic rings. The van der Waals surface area contributed by atoms with Gasteiger partial charge in [0.05, 0.1) is 0 Å². The second-order valence-electron chi connectivity index (χ2n) is 6.84. The first-order valence-electron chi connectivity index (χ1n) is 9.11. The fourth-order valence-electron chi connectivity index (χ4n) is 3.38. The van der Waals surface area contributed by atoms with Gasteiger partial charge in [-0.05, 0) is 32.0 Å². The average molecular weight is 377 g/mol. The third-order valence-corrected chi connectivity index (χ3v) is 5.01. The van der Waals surface area contributed by atoms with Crippen LogP contribution in [0, 0.1) is 0 Å². The summed E-state index contributed by atoms with van der Waals surface area (Å²) in [6, 6.07) is 10.3. The molecule has 2 saturated heterocycles. The van der Waals surface area contributed by atoms with E-state index < -0.39 is 11.9 Å². The van der Waals surface area contributed by atoms with Gasteiger partial charge in [0.25, 0.3) is 5.91 Å². The van der Waals surface area contributed by atoms with Crippen LogP contribution in [-0.4, -0.2) is 95.1 Å². The standard InChI is InChI=1S/C17H25N3O.C2H2O4/c1-18-11-13-19(14-12-18)16-7-9-20(10-8-16)17(21)15-5-3-2-4-6-15;3-1(4)2(5)6/h2-6,16H,7-14H2,1H3;(H,3,4)(H,5,6). The molecule has 8 heteroatoms. The topological polar surface area (TPSA) is 101 Å². The van der Waals surface area contributed by atoms with Crippen molar-refractivity contribution in [2.24, 2.45) is 0 Å². The molecule has 1 aromatic carbocycles. The van der Waals surface area contributed by atoms with Gasteiger partial charge in [0.2, 0.25) is 0 Å². The van der Waals surface area contributed by atoms with Crippen molar-refractivity contribution in [1.29, 1.82) is 0 Å². The number of amides is 1. The summed E-state index contributed by atoms with van der Waals surface area (Å²) >= 11 is 0. The number of hydrogen-bond acceptors (Lipinski definition) is 5. The quantitative estimate of drug-likeness (QED) is 0.732. The van der Waals surface area contributed by atoms with Gasteiger partial charge in [0.15, 0.2) is 0 Å². The van der Waals surface area contributed by atoms with E-state index >= 15 is 0 Å². The number of piperidine rings is 1. The highest BCUT2D eigenvalue weighted by molar-refractivity contribution is 6.27. The van der Waals surface area contributed by atoms with E-state index in [0.717, 1.165) is 31.5 Å². The number of carbonyl (C=O) groups is 3. The molecule has 1 aromatic rings. The highest BCUT2D eigenvalue weighted by Gasteiger charge is 2.28. The number of carbonyl (C=O) groups excluding carboxylic acids is 1. The van der Waals surface area contributed by atoms with Crippen LogP contribution in [0.25, 0.3) is 0 Å². The van der Waals surface area contributed by atoms with E-state index in [4.69, 9.17) is 19.8 Å². The van der Waals surface area contributed by atoms with Crippen molar-refractivity contribution < 1.29 is 24.6 Å². The number of likely N-dealkylation sites (N-methyl/N-ethyl adjacent to an activating group) is 1. The molecule has 2 fully saturated rings. The fraction of sp³-hybridized carbons (Fsp3) is 0.526. The summed E-state index contributed by atoms with van der Waals surface area (Å²) in [5.74, 6) is -3.46. The molecule has 0 saturated carbocycles. The van der Waals surface area contributed by atoms with E-state index in [2.05, 4.69) is 16.8 Å². The number of nitrogens with zero attached hydrogens (tertiary/aromatic N) is 3. The van der Waals surface area contributed by atoms with E-state index in [1.54, 1.807) is 0 Å². The van der Waals surface area contributed by atoms with Gasteiger partial charge in [0.1, 0.15) is 0 Å². The molecule has 3 rings (SSSR count). The molecule has 0 spiro atoms. The highest BCUT2D eigenvalue weighted by Crippen LogP contribution is 2.19.